The van der Waals surface area contributed by atoms with Gasteiger partial charge in [-0.05, 0) is 32.4 Å². The molecule has 0 N–H and O–H groups in total. The van der Waals surface area contributed by atoms with Gasteiger partial charge in [-0.1, -0.05) is 17.7 Å². The lowest BCUT2D eigenvalue weighted by Gasteiger charge is -2.34. The molecule has 3 rings (SSSR count). The summed E-state index contributed by atoms with van der Waals surface area (Å²) in [5.74, 6) is 0.387. The molecule has 0 spiro atoms. The molecule has 140 valence electrons. The normalized spacial score (nSPS) is 16.0. The monoisotopic (exact) mass is 376 g/mol. The molecule has 1 aliphatic heterocycles. The fraction of sp³-hybridized carbons (Fsp3) is 0.444. The van der Waals surface area contributed by atoms with Gasteiger partial charge in [-0.2, -0.15) is 4.31 Å². The third kappa shape index (κ3) is 3.39. The van der Waals surface area contributed by atoms with E-state index >= 15 is 0 Å². The van der Waals surface area contributed by atoms with Gasteiger partial charge in [-0.15, -0.1) is 0 Å². The molecule has 1 aromatic carbocycles. The van der Waals surface area contributed by atoms with Crippen molar-refractivity contribution >= 4 is 15.8 Å². The zero-order valence-corrected chi connectivity index (χ0v) is 16.2. The maximum atomic E-state index is 13.0. The SMILES string of the molecule is CCn1ccnc(N2CCN(S(=O)(=O)c3ccc(C)cc3C)CC2)c1=O. The summed E-state index contributed by atoms with van der Waals surface area (Å²) in [6.45, 7) is 7.79. The molecule has 0 bridgehead atoms. The van der Waals surface area contributed by atoms with Crippen LogP contribution in [0.5, 0.6) is 0 Å². The molecular formula is C18H24N4O3S. The Kier molecular flexibility index (Phi) is 5.15. The number of benzene rings is 1. The van der Waals surface area contributed by atoms with Crippen molar-refractivity contribution < 1.29 is 8.42 Å². The molecule has 26 heavy (non-hydrogen) atoms. The Morgan fingerprint density at radius 2 is 1.81 bits per heavy atom. The molecule has 7 nitrogen and oxygen atoms in total. The highest BCUT2D eigenvalue weighted by Gasteiger charge is 2.30. The molecule has 1 aliphatic rings. The molecule has 2 heterocycles. The topological polar surface area (TPSA) is 75.5 Å². The second kappa shape index (κ2) is 7.20. The van der Waals surface area contributed by atoms with Gasteiger partial charge in [0.2, 0.25) is 10.0 Å². The van der Waals surface area contributed by atoms with Crippen molar-refractivity contribution in [1.82, 2.24) is 13.9 Å². The summed E-state index contributed by atoms with van der Waals surface area (Å²) >= 11 is 0. The summed E-state index contributed by atoms with van der Waals surface area (Å²) in [6, 6.07) is 5.37. The van der Waals surface area contributed by atoms with Gasteiger partial charge in [-0.3, -0.25) is 4.79 Å². The third-order valence-electron chi connectivity index (χ3n) is 4.72. The van der Waals surface area contributed by atoms with Gasteiger partial charge >= 0.3 is 0 Å². The van der Waals surface area contributed by atoms with Crippen molar-refractivity contribution in [3.63, 3.8) is 0 Å². The van der Waals surface area contributed by atoms with Crippen LogP contribution in [0.4, 0.5) is 5.82 Å². The summed E-state index contributed by atoms with van der Waals surface area (Å²) in [4.78, 5) is 18.8. The zero-order valence-electron chi connectivity index (χ0n) is 15.3. The standard InChI is InChI=1S/C18H24N4O3S/c1-4-20-8-7-19-17(18(20)23)21-9-11-22(12-10-21)26(24,25)16-6-5-14(2)13-15(16)3/h5-8,13H,4,9-12H2,1-3H3. The summed E-state index contributed by atoms with van der Waals surface area (Å²) in [5, 5.41) is 0. The lowest BCUT2D eigenvalue weighted by molar-refractivity contribution is 0.382. The lowest BCUT2D eigenvalue weighted by atomic mass is 10.2. The molecular weight excluding hydrogens is 352 g/mol. The van der Waals surface area contributed by atoms with E-state index in [9.17, 15) is 13.2 Å². The second-order valence-corrected chi connectivity index (χ2v) is 8.41. The number of piperazine rings is 1. The molecule has 2 aromatic rings. The van der Waals surface area contributed by atoms with E-state index in [-0.39, 0.29) is 5.56 Å². The summed E-state index contributed by atoms with van der Waals surface area (Å²) in [6.07, 6.45) is 3.27. The first-order chi connectivity index (χ1) is 12.3. The fourth-order valence-corrected chi connectivity index (χ4v) is 4.90. The van der Waals surface area contributed by atoms with E-state index < -0.39 is 10.0 Å². The Balaban J connectivity index is 1.79. The van der Waals surface area contributed by atoms with Crippen LogP contribution in [-0.4, -0.2) is 48.5 Å². The predicted octanol–water partition coefficient (Wildman–Crippen LogP) is 1.39. The van der Waals surface area contributed by atoms with Gasteiger partial charge in [0, 0.05) is 45.1 Å². The van der Waals surface area contributed by atoms with Crippen molar-refractivity contribution in [2.75, 3.05) is 31.1 Å². The van der Waals surface area contributed by atoms with Crippen molar-refractivity contribution in [2.24, 2.45) is 0 Å². The molecule has 0 atom stereocenters. The van der Waals surface area contributed by atoms with Crippen LogP contribution < -0.4 is 10.5 Å². The highest BCUT2D eigenvalue weighted by Crippen LogP contribution is 2.22. The van der Waals surface area contributed by atoms with Crippen LogP contribution in [0.15, 0.2) is 40.3 Å². The van der Waals surface area contributed by atoms with Crippen molar-refractivity contribution in [1.29, 1.82) is 0 Å². The van der Waals surface area contributed by atoms with Crippen LogP contribution in [0.25, 0.3) is 0 Å². The number of anilines is 1. The molecule has 1 aromatic heterocycles. The number of rotatable bonds is 4. The maximum absolute atomic E-state index is 13.0. The maximum Gasteiger partial charge on any atom is 0.293 e. The predicted molar refractivity (Wildman–Crippen MR) is 101 cm³/mol. The van der Waals surface area contributed by atoms with E-state index in [1.54, 1.807) is 23.0 Å². The van der Waals surface area contributed by atoms with Gasteiger partial charge in [0.15, 0.2) is 5.82 Å². The van der Waals surface area contributed by atoms with Crippen molar-refractivity contribution in [3.05, 3.63) is 52.1 Å². The van der Waals surface area contributed by atoms with E-state index in [0.717, 1.165) is 11.1 Å². The third-order valence-corrected chi connectivity index (χ3v) is 6.78. The van der Waals surface area contributed by atoms with Gasteiger partial charge in [-0.25, -0.2) is 13.4 Å². The van der Waals surface area contributed by atoms with Crippen LogP contribution in [0.2, 0.25) is 0 Å². The molecule has 1 saturated heterocycles. The number of aryl methyl sites for hydroxylation is 3. The minimum Gasteiger partial charge on any atom is -0.349 e. The van der Waals surface area contributed by atoms with Gasteiger partial charge in [0.05, 0.1) is 4.90 Å². The van der Waals surface area contributed by atoms with Gasteiger partial charge in [0.25, 0.3) is 5.56 Å². The van der Waals surface area contributed by atoms with Crippen LogP contribution in [0, 0.1) is 13.8 Å². The minimum atomic E-state index is -3.54. The first kappa shape index (κ1) is 18.6. The Bertz CT molecular complexity index is 961. The first-order valence-corrected chi connectivity index (χ1v) is 10.2. The number of sulfonamides is 1. The Morgan fingerprint density at radius 1 is 1.12 bits per heavy atom. The van der Waals surface area contributed by atoms with Crippen LogP contribution in [0.1, 0.15) is 18.1 Å². The number of hydrogen-bond donors (Lipinski definition) is 0. The summed E-state index contributed by atoms with van der Waals surface area (Å²) in [5.41, 5.74) is 1.65. The molecule has 1 fully saturated rings. The molecule has 0 aliphatic carbocycles. The van der Waals surface area contributed by atoms with Gasteiger partial charge < -0.3 is 9.47 Å². The molecule has 0 unspecified atom stereocenters. The van der Waals surface area contributed by atoms with Crippen LogP contribution in [-0.2, 0) is 16.6 Å². The second-order valence-electron chi connectivity index (χ2n) is 6.50. The zero-order chi connectivity index (χ0) is 18.9. The lowest BCUT2D eigenvalue weighted by Crippen LogP contribution is -2.50. The average Bonchev–Trinajstić information content (AvgIpc) is 2.62. The largest absolute Gasteiger partial charge is 0.349 e. The highest BCUT2D eigenvalue weighted by atomic mass is 32.2. The highest BCUT2D eigenvalue weighted by molar-refractivity contribution is 7.89. The van der Waals surface area contributed by atoms with E-state index in [1.807, 2.05) is 37.8 Å². The molecule has 0 radical (unpaired) electrons. The quantitative estimate of drug-likeness (QED) is 0.806. The Morgan fingerprint density at radius 3 is 2.42 bits per heavy atom. The Hall–Kier alpha value is -2.19. The van der Waals surface area contributed by atoms with E-state index in [1.165, 1.54) is 4.31 Å². The molecule has 0 amide bonds. The fourth-order valence-electron chi connectivity index (χ4n) is 3.27. The van der Waals surface area contributed by atoms with Gasteiger partial charge in [0.1, 0.15) is 0 Å². The summed E-state index contributed by atoms with van der Waals surface area (Å²) < 4.78 is 29.0. The smallest absolute Gasteiger partial charge is 0.293 e. The van der Waals surface area contributed by atoms with E-state index in [4.69, 9.17) is 0 Å². The minimum absolute atomic E-state index is 0.138. The van der Waals surface area contributed by atoms with Crippen molar-refractivity contribution in [3.8, 4) is 0 Å². The van der Waals surface area contributed by atoms with Crippen LogP contribution in [0.3, 0.4) is 0 Å². The summed E-state index contributed by atoms with van der Waals surface area (Å²) in [7, 11) is -3.54. The van der Waals surface area contributed by atoms with E-state index in [0.29, 0.717) is 43.4 Å². The number of aromatic nitrogens is 2. The van der Waals surface area contributed by atoms with Crippen molar-refractivity contribution in [2.45, 2.75) is 32.2 Å². The van der Waals surface area contributed by atoms with Crippen LogP contribution >= 0.6 is 0 Å². The average molecular weight is 376 g/mol. The number of hydrogen-bond acceptors (Lipinski definition) is 5. The molecule has 8 heteroatoms. The van der Waals surface area contributed by atoms with E-state index in [2.05, 4.69) is 4.98 Å². The molecule has 0 saturated carbocycles. The first-order valence-electron chi connectivity index (χ1n) is 8.72. The Labute approximate surface area is 153 Å². The number of nitrogens with zero attached hydrogens (tertiary/aromatic N) is 4.